The van der Waals surface area contributed by atoms with Gasteiger partial charge in [-0.1, -0.05) is 35.0 Å². The Bertz CT molecular complexity index is 490. The third kappa shape index (κ3) is 5.75. The van der Waals surface area contributed by atoms with Gasteiger partial charge in [0, 0.05) is 29.6 Å². The van der Waals surface area contributed by atoms with Gasteiger partial charge in [-0.05, 0) is 44.0 Å². The first-order valence-corrected chi connectivity index (χ1v) is 8.76. The zero-order chi connectivity index (χ0) is 16.1. The van der Waals surface area contributed by atoms with E-state index in [1.165, 1.54) is 5.56 Å². The number of aliphatic carboxylic acids is 1. The predicted octanol–water partition coefficient (Wildman–Crippen LogP) is 3.80. The molecule has 0 aromatic heterocycles. The average molecular weight is 406 g/mol. The minimum atomic E-state index is -0.729. The quantitative estimate of drug-likeness (QED) is 0.782. The molecule has 0 saturated carbocycles. The van der Waals surface area contributed by atoms with Crippen molar-refractivity contribution in [3.8, 4) is 0 Å². The van der Waals surface area contributed by atoms with Crippen LogP contribution in [0.3, 0.4) is 0 Å². The van der Waals surface area contributed by atoms with E-state index in [0.29, 0.717) is 12.1 Å². The van der Waals surface area contributed by atoms with E-state index < -0.39 is 5.97 Å². The number of rotatable bonds is 6. The molecular formula is C17H26BrClN2O2. The molecule has 1 heterocycles. The molecule has 6 heteroatoms. The number of hydrogen-bond donors (Lipinski definition) is 1. The van der Waals surface area contributed by atoms with Crippen LogP contribution in [0.25, 0.3) is 0 Å². The summed E-state index contributed by atoms with van der Waals surface area (Å²) in [6.07, 6.45) is 2.09. The molecule has 23 heavy (non-hydrogen) atoms. The summed E-state index contributed by atoms with van der Waals surface area (Å²) < 4.78 is 1.11. The molecule has 0 spiro atoms. The summed E-state index contributed by atoms with van der Waals surface area (Å²) in [5, 5.41) is 9.00. The molecule has 1 unspecified atom stereocenters. The topological polar surface area (TPSA) is 43.8 Å². The molecule has 1 aliphatic rings. The minimum Gasteiger partial charge on any atom is -0.480 e. The van der Waals surface area contributed by atoms with Gasteiger partial charge in [0.25, 0.3) is 0 Å². The Morgan fingerprint density at radius 3 is 2.39 bits per heavy atom. The molecule has 4 nitrogen and oxygen atoms in total. The van der Waals surface area contributed by atoms with Crippen LogP contribution in [0.1, 0.15) is 38.3 Å². The molecule has 1 aliphatic heterocycles. The number of likely N-dealkylation sites (N-methyl/N-ethyl adjacent to an activating group) is 1. The number of piperidine rings is 1. The highest BCUT2D eigenvalue weighted by molar-refractivity contribution is 9.10. The normalized spacial score (nSPS) is 17.7. The van der Waals surface area contributed by atoms with Crippen LogP contribution in [0.15, 0.2) is 28.7 Å². The van der Waals surface area contributed by atoms with Crippen molar-refractivity contribution in [3.05, 3.63) is 34.3 Å². The summed E-state index contributed by atoms with van der Waals surface area (Å²) in [4.78, 5) is 15.5. The first-order chi connectivity index (χ1) is 10.5. The molecule has 0 bridgehead atoms. The van der Waals surface area contributed by atoms with Crippen LogP contribution in [-0.4, -0.2) is 53.1 Å². The number of carboxylic acids is 1. The van der Waals surface area contributed by atoms with Gasteiger partial charge in [-0.15, -0.1) is 12.4 Å². The summed E-state index contributed by atoms with van der Waals surface area (Å²) >= 11 is 3.47. The maximum absolute atomic E-state index is 10.9. The number of hydrogen-bond acceptors (Lipinski definition) is 3. The van der Waals surface area contributed by atoms with Crippen molar-refractivity contribution in [2.75, 3.05) is 26.2 Å². The van der Waals surface area contributed by atoms with Gasteiger partial charge in [0.15, 0.2) is 0 Å². The molecular weight excluding hydrogens is 380 g/mol. The number of carbonyl (C=O) groups is 1. The Morgan fingerprint density at radius 2 is 1.91 bits per heavy atom. The molecule has 1 saturated heterocycles. The first kappa shape index (κ1) is 20.4. The van der Waals surface area contributed by atoms with Gasteiger partial charge >= 0.3 is 5.97 Å². The van der Waals surface area contributed by atoms with E-state index in [1.807, 2.05) is 6.92 Å². The highest BCUT2D eigenvalue weighted by atomic mass is 79.9. The van der Waals surface area contributed by atoms with E-state index in [-0.39, 0.29) is 19.0 Å². The SMILES string of the molecule is CCN(CC(=O)O)C1CCN(C(C)c2ccc(Br)cc2)CC1.Cl. The third-order valence-electron chi connectivity index (χ3n) is 4.66. The van der Waals surface area contributed by atoms with Gasteiger partial charge in [0.05, 0.1) is 6.54 Å². The van der Waals surface area contributed by atoms with Crippen LogP contribution in [0, 0.1) is 0 Å². The number of carboxylic acid groups (broad SMARTS) is 1. The van der Waals surface area contributed by atoms with Crippen molar-refractivity contribution in [1.82, 2.24) is 9.80 Å². The molecule has 130 valence electrons. The number of halogens is 2. The highest BCUT2D eigenvalue weighted by Crippen LogP contribution is 2.26. The van der Waals surface area contributed by atoms with Crippen LogP contribution in [0.5, 0.6) is 0 Å². The summed E-state index contributed by atoms with van der Waals surface area (Å²) in [5.74, 6) is -0.729. The van der Waals surface area contributed by atoms with E-state index >= 15 is 0 Å². The van der Waals surface area contributed by atoms with Crippen LogP contribution in [0.2, 0.25) is 0 Å². The Kier molecular flexibility index (Phi) is 8.54. The monoisotopic (exact) mass is 404 g/mol. The van der Waals surface area contributed by atoms with Crippen LogP contribution in [-0.2, 0) is 4.79 Å². The van der Waals surface area contributed by atoms with Crippen LogP contribution < -0.4 is 0 Å². The van der Waals surface area contributed by atoms with Gasteiger partial charge in [-0.3, -0.25) is 14.6 Å². The second kappa shape index (κ2) is 9.62. The Balaban J connectivity index is 0.00000264. The van der Waals surface area contributed by atoms with Gasteiger partial charge in [0.1, 0.15) is 0 Å². The van der Waals surface area contributed by atoms with E-state index in [9.17, 15) is 4.79 Å². The van der Waals surface area contributed by atoms with Crippen molar-refractivity contribution in [2.45, 2.75) is 38.8 Å². The largest absolute Gasteiger partial charge is 0.480 e. The van der Waals surface area contributed by atoms with Crippen LogP contribution in [0.4, 0.5) is 0 Å². The lowest BCUT2D eigenvalue weighted by Gasteiger charge is -2.40. The van der Waals surface area contributed by atoms with Crippen molar-refractivity contribution in [2.24, 2.45) is 0 Å². The van der Waals surface area contributed by atoms with Gasteiger partial charge in [-0.25, -0.2) is 0 Å². The first-order valence-electron chi connectivity index (χ1n) is 7.96. The van der Waals surface area contributed by atoms with Crippen molar-refractivity contribution in [3.63, 3.8) is 0 Å². The second-order valence-electron chi connectivity index (χ2n) is 5.95. The summed E-state index contributed by atoms with van der Waals surface area (Å²) in [5.41, 5.74) is 1.33. The molecule has 1 atom stereocenters. The Hall–Kier alpha value is -0.620. The van der Waals surface area contributed by atoms with E-state index in [4.69, 9.17) is 5.11 Å². The molecule has 0 amide bonds. The predicted molar refractivity (Wildman–Crippen MR) is 99.3 cm³/mol. The van der Waals surface area contributed by atoms with Crippen molar-refractivity contribution < 1.29 is 9.90 Å². The molecule has 0 aliphatic carbocycles. The van der Waals surface area contributed by atoms with Gasteiger partial charge in [0.2, 0.25) is 0 Å². The number of likely N-dealkylation sites (tertiary alicyclic amines) is 1. The maximum Gasteiger partial charge on any atom is 0.317 e. The molecule has 0 radical (unpaired) electrons. The molecule has 2 rings (SSSR count). The number of benzene rings is 1. The van der Waals surface area contributed by atoms with Gasteiger partial charge < -0.3 is 5.11 Å². The molecule has 1 aromatic carbocycles. The zero-order valence-electron chi connectivity index (χ0n) is 13.7. The van der Waals surface area contributed by atoms with E-state index in [1.54, 1.807) is 0 Å². The Morgan fingerprint density at radius 1 is 1.35 bits per heavy atom. The molecule has 1 N–H and O–H groups in total. The lowest BCUT2D eigenvalue weighted by Crippen LogP contribution is -2.47. The summed E-state index contributed by atoms with van der Waals surface area (Å²) in [7, 11) is 0. The zero-order valence-corrected chi connectivity index (χ0v) is 16.1. The lowest BCUT2D eigenvalue weighted by molar-refractivity contribution is -0.139. The van der Waals surface area contributed by atoms with Crippen molar-refractivity contribution >= 4 is 34.3 Å². The fraction of sp³-hybridized carbons (Fsp3) is 0.588. The number of nitrogens with zero attached hydrogens (tertiary/aromatic N) is 2. The fourth-order valence-electron chi connectivity index (χ4n) is 3.26. The highest BCUT2D eigenvalue weighted by Gasteiger charge is 2.27. The Labute approximate surface area is 153 Å². The van der Waals surface area contributed by atoms with Crippen molar-refractivity contribution in [1.29, 1.82) is 0 Å². The van der Waals surface area contributed by atoms with Crippen LogP contribution >= 0.6 is 28.3 Å². The minimum absolute atomic E-state index is 0. The van der Waals surface area contributed by atoms with E-state index in [2.05, 4.69) is 56.9 Å². The summed E-state index contributed by atoms with van der Waals surface area (Å²) in [6.45, 7) is 7.30. The molecule has 1 fully saturated rings. The smallest absolute Gasteiger partial charge is 0.317 e. The standard InChI is InChI=1S/C17H25BrN2O2.ClH/c1-3-19(12-17(21)22)16-8-10-20(11-9-16)13(2)14-4-6-15(18)7-5-14;/h4-7,13,16H,3,8-12H2,1-2H3,(H,21,22);1H. The molecule has 1 aromatic rings. The fourth-order valence-corrected chi connectivity index (χ4v) is 3.53. The average Bonchev–Trinajstić information content (AvgIpc) is 2.52. The summed E-state index contributed by atoms with van der Waals surface area (Å²) in [6, 6.07) is 9.32. The maximum atomic E-state index is 10.9. The third-order valence-corrected chi connectivity index (χ3v) is 5.19. The van der Waals surface area contributed by atoms with Gasteiger partial charge in [-0.2, -0.15) is 0 Å². The second-order valence-corrected chi connectivity index (χ2v) is 6.87. The van der Waals surface area contributed by atoms with E-state index in [0.717, 1.165) is 36.9 Å². The lowest BCUT2D eigenvalue weighted by atomic mass is 9.99.